The first-order valence-corrected chi connectivity index (χ1v) is 8.81. The molecule has 0 fully saturated rings. The van der Waals surface area contributed by atoms with Gasteiger partial charge in [-0.25, -0.2) is 9.18 Å². The predicted octanol–water partition coefficient (Wildman–Crippen LogP) is 3.55. The number of anilines is 1. The van der Waals surface area contributed by atoms with Gasteiger partial charge in [-0.1, -0.05) is 5.16 Å². The van der Waals surface area contributed by atoms with Crippen LogP contribution in [-0.4, -0.2) is 49.6 Å². The molecule has 4 aromatic rings. The molecule has 0 saturated heterocycles. The maximum Gasteiger partial charge on any atom is 0.490 e. The van der Waals surface area contributed by atoms with E-state index in [0.29, 0.717) is 11.1 Å². The van der Waals surface area contributed by atoms with Crippen LogP contribution in [0.5, 0.6) is 5.75 Å². The van der Waals surface area contributed by atoms with Gasteiger partial charge >= 0.3 is 17.8 Å². The highest BCUT2D eigenvalue weighted by atomic mass is 19.4. The van der Waals surface area contributed by atoms with Crippen molar-refractivity contribution in [3.05, 3.63) is 46.7 Å². The Morgan fingerprint density at radius 2 is 1.97 bits per heavy atom. The van der Waals surface area contributed by atoms with Crippen molar-refractivity contribution in [2.45, 2.75) is 6.18 Å². The Labute approximate surface area is 185 Å². The van der Waals surface area contributed by atoms with E-state index in [1.807, 2.05) is 0 Å². The molecule has 0 unspecified atom stereocenters. The number of hydrogen-bond donors (Lipinski definition) is 3. The Bertz CT molecular complexity index is 1370. The van der Waals surface area contributed by atoms with Crippen LogP contribution >= 0.6 is 0 Å². The van der Waals surface area contributed by atoms with Crippen LogP contribution in [0.3, 0.4) is 0 Å². The lowest BCUT2D eigenvalue weighted by Gasteiger charge is -2.09. The predicted molar refractivity (Wildman–Crippen MR) is 106 cm³/mol. The number of nitrogens with zero attached hydrogens (tertiary/aromatic N) is 4. The summed E-state index contributed by atoms with van der Waals surface area (Å²) in [4.78, 5) is 23.5. The lowest BCUT2D eigenvalue weighted by molar-refractivity contribution is -0.385. The molecule has 178 valence electrons. The van der Waals surface area contributed by atoms with Gasteiger partial charge in [0, 0.05) is 29.1 Å². The molecule has 34 heavy (non-hydrogen) atoms. The Hall–Kier alpha value is -4.76. The average Bonchev–Trinajstić information content (AvgIpc) is 3.43. The highest BCUT2D eigenvalue weighted by Crippen LogP contribution is 2.40. The molecule has 0 radical (unpaired) electrons. The van der Waals surface area contributed by atoms with Crippen molar-refractivity contribution in [3.63, 3.8) is 0 Å². The minimum atomic E-state index is -5.08. The fourth-order valence-electron chi connectivity index (χ4n) is 2.81. The van der Waals surface area contributed by atoms with Crippen molar-refractivity contribution in [2.24, 2.45) is 0 Å². The standard InChI is InChI=1S/C16H11FN6O4.C2HF3O2/c1-26-12-2-8(10(17)3-11(12)23(24)25)14-13-15(27-22-16(13)18)9(6-19-14)7-4-20-21-5-7;3-2(4,5)1(6)7/h2-6H,1H3,(H2,18,22)(H,20,21);(H,6,7). The second kappa shape index (κ2) is 9.00. The number of aromatic amines is 1. The normalized spacial score (nSPS) is 11.1. The van der Waals surface area contributed by atoms with Gasteiger partial charge in [0.15, 0.2) is 17.2 Å². The SMILES string of the molecule is COc1cc(-c2ncc(-c3cn[nH]c3)c3onc(N)c23)c(F)cc1[N+](=O)[O-].O=C(O)C(F)(F)F. The molecule has 0 atom stereocenters. The minimum Gasteiger partial charge on any atom is -0.490 e. The van der Waals surface area contributed by atoms with Gasteiger partial charge in [-0.2, -0.15) is 18.3 Å². The number of H-pyrrole nitrogens is 1. The van der Waals surface area contributed by atoms with E-state index >= 15 is 0 Å². The summed E-state index contributed by atoms with van der Waals surface area (Å²) in [5, 5.41) is 28.8. The zero-order chi connectivity index (χ0) is 25.2. The summed E-state index contributed by atoms with van der Waals surface area (Å²) >= 11 is 0. The van der Waals surface area contributed by atoms with Crippen molar-refractivity contribution in [1.29, 1.82) is 0 Å². The fourth-order valence-corrected chi connectivity index (χ4v) is 2.81. The number of alkyl halides is 3. The highest BCUT2D eigenvalue weighted by molar-refractivity contribution is 6.05. The van der Waals surface area contributed by atoms with E-state index in [2.05, 4.69) is 20.3 Å². The van der Waals surface area contributed by atoms with Crippen LogP contribution in [0, 0.1) is 15.9 Å². The third-order valence-corrected chi connectivity index (χ3v) is 4.29. The molecular weight excluding hydrogens is 472 g/mol. The Morgan fingerprint density at radius 3 is 2.50 bits per heavy atom. The van der Waals surface area contributed by atoms with E-state index in [1.165, 1.54) is 19.4 Å². The van der Waals surface area contributed by atoms with Gasteiger partial charge in [0.1, 0.15) is 5.82 Å². The van der Waals surface area contributed by atoms with Crippen LogP contribution in [0.2, 0.25) is 0 Å². The second-order valence-electron chi connectivity index (χ2n) is 6.34. The number of carbonyl (C=O) groups is 1. The van der Waals surface area contributed by atoms with Crippen molar-refractivity contribution in [3.8, 4) is 28.1 Å². The molecule has 12 nitrogen and oxygen atoms in total. The maximum atomic E-state index is 14.6. The fraction of sp³-hybridized carbons (Fsp3) is 0.111. The summed E-state index contributed by atoms with van der Waals surface area (Å²) in [6, 6.07) is 1.97. The Kier molecular flexibility index (Phi) is 6.33. The van der Waals surface area contributed by atoms with Gasteiger partial charge in [0.25, 0.3) is 0 Å². The number of hydrogen-bond acceptors (Lipinski definition) is 9. The van der Waals surface area contributed by atoms with Crippen LogP contribution in [0.4, 0.5) is 29.1 Å². The average molecular weight is 484 g/mol. The number of rotatable bonds is 4. The summed E-state index contributed by atoms with van der Waals surface area (Å²) in [7, 11) is 1.25. The van der Waals surface area contributed by atoms with Gasteiger partial charge in [-0.3, -0.25) is 20.2 Å². The number of nitrogens with one attached hydrogen (secondary N) is 1. The molecule has 0 saturated carbocycles. The van der Waals surface area contributed by atoms with Gasteiger partial charge in [-0.15, -0.1) is 0 Å². The quantitative estimate of drug-likeness (QED) is 0.220. The molecule has 0 aliphatic rings. The van der Waals surface area contributed by atoms with E-state index in [4.69, 9.17) is 24.9 Å². The molecular formula is C18H12F4N6O6. The van der Waals surface area contributed by atoms with E-state index in [9.17, 15) is 27.7 Å². The molecule has 4 rings (SSSR count). The Morgan fingerprint density at radius 1 is 1.29 bits per heavy atom. The molecule has 3 heterocycles. The van der Waals surface area contributed by atoms with Gasteiger partial charge < -0.3 is 20.1 Å². The number of ether oxygens (including phenoxy) is 1. The van der Waals surface area contributed by atoms with Crippen LogP contribution in [0.15, 0.2) is 35.2 Å². The van der Waals surface area contributed by atoms with Crippen molar-refractivity contribution < 1.29 is 41.6 Å². The second-order valence-corrected chi connectivity index (χ2v) is 6.34. The maximum absolute atomic E-state index is 14.6. The van der Waals surface area contributed by atoms with Crippen LogP contribution in [0.25, 0.3) is 33.4 Å². The first-order chi connectivity index (χ1) is 16.0. The number of carboxylic acid groups (broad SMARTS) is 1. The summed E-state index contributed by atoms with van der Waals surface area (Å²) in [5.41, 5.74) is 7.03. The number of methoxy groups -OCH3 is 1. The lowest BCUT2D eigenvalue weighted by Crippen LogP contribution is -2.21. The molecule has 0 amide bonds. The number of nitro benzene ring substituents is 1. The first-order valence-electron chi connectivity index (χ1n) is 8.81. The molecule has 16 heteroatoms. The van der Waals surface area contributed by atoms with Crippen molar-refractivity contribution in [1.82, 2.24) is 20.3 Å². The van der Waals surface area contributed by atoms with E-state index < -0.39 is 28.6 Å². The minimum absolute atomic E-state index is 0.00886. The number of carboxylic acids is 1. The van der Waals surface area contributed by atoms with Gasteiger partial charge in [0.05, 0.1) is 35.4 Å². The lowest BCUT2D eigenvalue weighted by atomic mass is 10.0. The van der Waals surface area contributed by atoms with Crippen LogP contribution in [0.1, 0.15) is 0 Å². The smallest absolute Gasteiger partial charge is 0.490 e. The topological polar surface area (TPSA) is 183 Å². The number of nitrogens with two attached hydrogens (primary N) is 1. The van der Waals surface area contributed by atoms with Crippen LogP contribution in [-0.2, 0) is 4.79 Å². The molecule has 0 bridgehead atoms. The molecule has 4 N–H and O–H groups in total. The zero-order valence-electron chi connectivity index (χ0n) is 16.8. The third kappa shape index (κ3) is 4.54. The summed E-state index contributed by atoms with van der Waals surface area (Å²) in [6.45, 7) is 0. The molecule has 0 spiro atoms. The van der Waals surface area contributed by atoms with Gasteiger partial charge in [0.2, 0.25) is 0 Å². The highest BCUT2D eigenvalue weighted by Gasteiger charge is 2.38. The molecule has 1 aromatic carbocycles. The van der Waals surface area contributed by atoms with Crippen molar-refractivity contribution >= 4 is 28.4 Å². The van der Waals surface area contributed by atoms with Gasteiger partial charge in [-0.05, 0) is 6.07 Å². The number of pyridine rings is 1. The molecule has 3 aromatic heterocycles. The summed E-state index contributed by atoms with van der Waals surface area (Å²) in [6.07, 6.45) is -0.435. The monoisotopic (exact) mass is 484 g/mol. The van der Waals surface area contributed by atoms with Crippen LogP contribution < -0.4 is 10.5 Å². The number of halogens is 4. The number of nitrogen functional groups attached to an aromatic ring is 1. The largest absolute Gasteiger partial charge is 0.490 e. The summed E-state index contributed by atoms with van der Waals surface area (Å²) in [5.74, 6) is -3.71. The number of aliphatic carboxylic acids is 1. The molecule has 0 aliphatic carbocycles. The van der Waals surface area contributed by atoms with E-state index in [0.717, 1.165) is 6.07 Å². The third-order valence-electron chi connectivity index (χ3n) is 4.29. The van der Waals surface area contributed by atoms with E-state index in [-0.39, 0.29) is 33.8 Å². The van der Waals surface area contributed by atoms with E-state index in [1.54, 1.807) is 12.4 Å². The number of aromatic nitrogens is 4. The number of nitro groups is 1. The number of fused-ring (bicyclic) bond motifs is 1. The summed E-state index contributed by atoms with van der Waals surface area (Å²) < 4.78 is 56.7. The number of benzene rings is 1. The Balaban J connectivity index is 0.000000406. The molecule has 0 aliphatic heterocycles. The zero-order valence-corrected chi connectivity index (χ0v) is 16.8. The first kappa shape index (κ1) is 23.9. The van der Waals surface area contributed by atoms with Crippen molar-refractivity contribution in [2.75, 3.05) is 12.8 Å².